The molecule has 0 unspecified atom stereocenters. The Hall–Kier alpha value is -2.28. The second-order valence-corrected chi connectivity index (χ2v) is 3.88. The molecule has 0 fully saturated rings. The maximum absolute atomic E-state index is 13.8. The molecule has 2 rings (SSSR count). The van der Waals surface area contributed by atoms with Crippen LogP contribution >= 0.6 is 0 Å². The lowest BCUT2D eigenvalue weighted by Gasteiger charge is -2.13. The Labute approximate surface area is 107 Å². The summed E-state index contributed by atoms with van der Waals surface area (Å²) in [4.78, 5) is 0. The van der Waals surface area contributed by atoms with Crippen molar-refractivity contribution in [1.29, 1.82) is 0 Å². The molecule has 4 heteroatoms. The minimum absolute atomic E-state index is 0.119. The second kappa shape index (κ2) is 4.77. The van der Waals surface area contributed by atoms with Gasteiger partial charge >= 0.3 is 6.18 Å². The lowest BCUT2D eigenvalue weighted by Crippen LogP contribution is -2.07. The molecular weight excluding hydrogens is 256 g/mol. The molecule has 0 aliphatic rings. The van der Waals surface area contributed by atoms with Crippen LogP contribution in [-0.2, 0) is 6.18 Å². The average Bonchev–Trinajstić information content (AvgIpc) is 2.37. The van der Waals surface area contributed by atoms with E-state index >= 15 is 0 Å². The van der Waals surface area contributed by atoms with Crippen molar-refractivity contribution in [3.8, 4) is 23.5 Å². The normalized spacial score (nSPS) is 11.1. The van der Waals surface area contributed by atoms with Gasteiger partial charge in [-0.1, -0.05) is 30.2 Å². The summed E-state index contributed by atoms with van der Waals surface area (Å²) in [6, 6.07) is 8.56. The molecule has 0 nitrogen and oxygen atoms in total. The summed E-state index contributed by atoms with van der Waals surface area (Å²) in [5.74, 6) is 1.46. The van der Waals surface area contributed by atoms with Crippen molar-refractivity contribution in [3.63, 3.8) is 0 Å². The van der Waals surface area contributed by atoms with Gasteiger partial charge < -0.3 is 0 Å². The lowest BCUT2D eigenvalue weighted by molar-refractivity contribution is -0.137. The summed E-state index contributed by atoms with van der Waals surface area (Å²) < 4.78 is 52.4. The fourth-order valence-electron chi connectivity index (χ4n) is 1.79. The van der Waals surface area contributed by atoms with Crippen LogP contribution < -0.4 is 0 Å². The Morgan fingerprint density at radius 2 is 1.63 bits per heavy atom. The zero-order valence-electron chi connectivity index (χ0n) is 9.63. The van der Waals surface area contributed by atoms with Gasteiger partial charge in [0.15, 0.2) is 0 Å². The second-order valence-electron chi connectivity index (χ2n) is 3.88. The zero-order valence-corrected chi connectivity index (χ0v) is 9.63. The quantitative estimate of drug-likeness (QED) is 0.525. The standard InChI is InChI=1S/C15H8F4/c1-2-10-7-8-12(14(16)9-10)11-5-3-4-6-13(11)15(17,18)19/h1,3-9H. The molecule has 0 aliphatic heterocycles. The van der Waals surface area contributed by atoms with Crippen LogP contribution in [0.25, 0.3) is 11.1 Å². The summed E-state index contributed by atoms with van der Waals surface area (Å²) in [7, 11) is 0. The van der Waals surface area contributed by atoms with E-state index in [9.17, 15) is 17.6 Å². The molecule has 96 valence electrons. The predicted octanol–water partition coefficient (Wildman–Crippen LogP) is 4.49. The third-order valence-corrected chi connectivity index (χ3v) is 2.66. The van der Waals surface area contributed by atoms with Crippen molar-refractivity contribution in [3.05, 3.63) is 59.4 Å². The molecular formula is C15H8F4. The van der Waals surface area contributed by atoms with Gasteiger partial charge in [-0.25, -0.2) is 4.39 Å². The Balaban J connectivity index is 2.64. The van der Waals surface area contributed by atoms with Crippen LogP contribution in [0.15, 0.2) is 42.5 Å². The van der Waals surface area contributed by atoms with E-state index in [0.29, 0.717) is 0 Å². The van der Waals surface area contributed by atoms with Crippen LogP contribution in [0.1, 0.15) is 11.1 Å². The minimum Gasteiger partial charge on any atom is -0.206 e. The van der Waals surface area contributed by atoms with Crippen molar-refractivity contribution in [2.24, 2.45) is 0 Å². The molecule has 0 atom stereocenters. The lowest BCUT2D eigenvalue weighted by atomic mass is 9.98. The first-order chi connectivity index (χ1) is 8.93. The molecule has 0 radical (unpaired) electrons. The van der Waals surface area contributed by atoms with E-state index in [-0.39, 0.29) is 16.7 Å². The third-order valence-electron chi connectivity index (χ3n) is 2.66. The van der Waals surface area contributed by atoms with Gasteiger partial charge in [0.05, 0.1) is 5.56 Å². The van der Waals surface area contributed by atoms with Crippen LogP contribution in [-0.4, -0.2) is 0 Å². The smallest absolute Gasteiger partial charge is 0.206 e. The van der Waals surface area contributed by atoms with Crippen LogP contribution in [0.3, 0.4) is 0 Å². The maximum Gasteiger partial charge on any atom is 0.417 e. The Morgan fingerprint density at radius 3 is 2.21 bits per heavy atom. The zero-order chi connectivity index (χ0) is 14.0. The molecule has 0 spiro atoms. The highest BCUT2D eigenvalue weighted by Crippen LogP contribution is 2.37. The summed E-state index contributed by atoms with van der Waals surface area (Å²) in [5.41, 5.74) is -0.906. The average molecular weight is 264 g/mol. The Kier molecular flexibility index (Phi) is 3.30. The molecule has 0 amide bonds. The number of rotatable bonds is 1. The van der Waals surface area contributed by atoms with Gasteiger partial charge in [-0.05, 0) is 23.8 Å². The van der Waals surface area contributed by atoms with Crippen molar-refractivity contribution < 1.29 is 17.6 Å². The molecule has 2 aromatic rings. The fourth-order valence-corrected chi connectivity index (χ4v) is 1.79. The van der Waals surface area contributed by atoms with E-state index < -0.39 is 17.6 Å². The highest BCUT2D eigenvalue weighted by molar-refractivity contribution is 5.69. The summed E-state index contributed by atoms with van der Waals surface area (Å²) in [6.45, 7) is 0. The van der Waals surface area contributed by atoms with Gasteiger partial charge in [0.2, 0.25) is 0 Å². The molecule has 19 heavy (non-hydrogen) atoms. The third kappa shape index (κ3) is 2.60. The molecule has 0 N–H and O–H groups in total. The largest absolute Gasteiger partial charge is 0.417 e. The van der Waals surface area contributed by atoms with Gasteiger partial charge in [-0.3, -0.25) is 0 Å². The van der Waals surface area contributed by atoms with Gasteiger partial charge in [0.1, 0.15) is 5.82 Å². The first kappa shape index (κ1) is 13.2. The highest BCUT2D eigenvalue weighted by atomic mass is 19.4. The summed E-state index contributed by atoms with van der Waals surface area (Å²) in [5, 5.41) is 0. The van der Waals surface area contributed by atoms with E-state index in [1.807, 2.05) is 0 Å². The Bertz CT molecular complexity index is 648. The SMILES string of the molecule is C#Cc1ccc(-c2ccccc2C(F)(F)F)c(F)c1. The van der Waals surface area contributed by atoms with Gasteiger partial charge in [0.25, 0.3) is 0 Å². The Morgan fingerprint density at radius 1 is 0.947 bits per heavy atom. The molecule has 0 saturated heterocycles. The monoisotopic (exact) mass is 264 g/mol. The van der Waals surface area contributed by atoms with Crippen molar-refractivity contribution >= 4 is 0 Å². The van der Waals surface area contributed by atoms with E-state index in [0.717, 1.165) is 12.1 Å². The van der Waals surface area contributed by atoms with E-state index in [4.69, 9.17) is 6.42 Å². The first-order valence-electron chi connectivity index (χ1n) is 5.36. The van der Waals surface area contributed by atoms with Crippen molar-refractivity contribution in [1.82, 2.24) is 0 Å². The topological polar surface area (TPSA) is 0 Å². The van der Waals surface area contributed by atoms with Crippen LogP contribution in [0, 0.1) is 18.2 Å². The number of benzene rings is 2. The van der Waals surface area contributed by atoms with Crippen molar-refractivity contribution in [2.75, 3.05) is 0 Å². The number of alkyl halides is 3. The molecule has 0 aromatic heterocycles. The number of halogens is 4. The molecule has 2 aromatic carbocycles. The first-order valence-corrected chi connectivity index (χ1v) is 5.36. The summed E-state index contributed by atoms with van der Waals surface area (Å²) in [6.07, 6.45) is 0.576. The van der Waals surface area contributed by atoms with Crippen LogP contribution in [0.4, 0.5) is 17.6 Å². The van der Waals surface area contributed by atoms with Gasteiger partial charge in [0, 0.05) is 11.1 Å². The summed E-state index contributed by atoms with van der Waals surface area (Å²) >= 11 is 0. The van der Waals surface area contributed by atoms with Gasteiger partial charge in [-0.2, -0.15) is 13.2 Å². The van der Waals surface area contributed by atoms with Gasteiger partial charge in [-0.15, -0.1) is 6.42 Å². The molecule has 0 saturated carbocycles. The van der Waals surface area contributed by atoms with E-state index in [1.165, 1.54) is 30.3 Å². The minimum atomic E-state index is -4.53. The number of hydrogen-bond donors (Lipinski definition) is 0. The molecule has 0 aliphatic carbocycles. The number of hydrogen-bond acceptors (Lipinski definition) is 0. The predicted molar refractivity (Wildman–Crippen MR) is 64.8 cm³/mol. The van der Waals surface area contributed by atoms with E-state index in [1.54, 1.807) is 0 Å². The fraction of sp³-hybridized carbons (Fsp3) is 0.0667. The van der Waals surface area contributed by atoms with E-state index in [2.05, 4.69) is 5.92 Å². The molecule has 0 heterocycles. The van der Waals surface area contributed by atoms with Crippen molar-refractivity contribution in [2.45, 2.75) is 6.18 Å². The highest BCUT2D eigenvalue weighted by Gasteiger charge is 2.33. The number of terminal acetylenes is 1. The van der Waals surface area contributed by atoms with Crippen LogP contribution in [0.5, 0.6) is 0 Å². The van der Waals surface area contributed by atoms with Crippen LogP contribution in [0.2, 0.25) is 0 Å². The maximum atomic E-state index is 13.8. The molecule has 0 bridgehead atoms.